The molecule has 0 bridgehead atoms. The summed E-state index contributed by atoms with van der Waals surface area (Å²) in [5, 5.41) is 6.28. The number of benzene rings is 2. The fourth-order valence-corrected chi connectivity index (χ4v) is 4.99. The van der Waals surface area contributed by atoms with E-state index in [-0.39, 0.29) is 23.1 Å². The van der Waals surface area contributed by atoms with Crippen LogP contribution in [0.2, 0.25) is 0 Å². The van der Waals surface area contributed by atoms with Crippen LogP contribution in [0.1, 0.15) is 68.3 Å². The Morgan fingerprint density at radius 2 is 1.70 bits per heavy atom. The number of rotatable bonds is 10. The maximum Gasteiger partial charge on any atom is 0.255 e. The number of unbranched alkanes of at least 4 members (excludes halogenated alkanes) is 1. The molecule has 5 nitrogen and oxygen atoms in total. The number of hydrogen-bond acceptors (Lipinski definition) is 3. The van der Waals surface area contributed by atoms with Gasteiger partial charge < -0.3 is 15.4 Å². The Kier molecular flexibility index (Phi) is 8.93. The Bertz CT molecular complexity index is 904. The third kappa shape index (κ3) is 6.16. The van der Waals surface area contributed by atoms with E-state index in [0.717, 1.165) is 45.1 Å². The second-order valence-corrected chi connectivity index (χ2v) is 9.30. The molecular weight excluding hydrogens is 412 g/mol. The molecule has 1 unspecified atom stereocenters. The van der Waals surface area contributed by atoms with Crippen molar-refractivity contribution in [1.29, 1.82) is 0 Å². The fraction of sp³-hybridized carbons (Fsp3) is 0.500. The van der Waals surface area contributed by atoms with Crippen molar-refractivity contribution in [3.63, 3.8) is 0 Å². The van der Waals surface area contributed by atoms with Gasteiger partial charge in [0.1, 0.15) is 5.75 Å². The number of amides is 2. The Morgan fingerprint density at radius 3 is 2.36 bits per heavy atom. The maximum atomic E-state index is 13.0. The van der Waals surface area contributed by atoms with E-state index in [1.165, 1.54) is 5.56 Å². The molecule has 0 heterocycles. The number of carbonyl (C=O) groups is 2. The van der Waals surface area contributed by atoms with Gasteiger partial charge in [0.25, 0.3) is 5.91 Å². The van der Waals surface area contributed by atoms with Gasteiger partial charge in [0.2, 0.25) is 5.91 Å². The quantitative estimate of drug-likeness (QED) is 0.495. The molecule has 1 atom stereocenters. The van der Waals surface area contributed by atoms with Gasteiger partial charge in [-0.3, -0.25) is 9.59 Å². The van der Waals surface area contributed by atoms with Gasteiger partial charge in [-0.2, -0.15) is 0 Å². The Labute approximate surface area is 198 Å². The topological polar surface area (TPSA) is 67.4 Å². The van der Waals surface area contributed by atoms with Crippen LogP contribution < -0.4 is 15.4 Å². The predicted octanol–water partition coefficient (Wildman–Crippen LogP) is 5.11. The highest BCUT2D eigenvalue weighted by atomic mass is 16.5. The molecule has 178 valence electrons. The molecule has 3 rings (SSSR count). The largest absolute Gasteiger partial charge is 0.496 e. The fourth-order valence-electron chi connectivity index (χ4n) is 4.99. The van der Waals surface area contributed by atoms with Crippen molar-refractivity contribution in [3.8, 4) is 5.75 Å². The molecule has 5 heteroatoms. The first kappa shape index (κ1) is 24.8. The molecule has 0 saturated heterocycles. The van der Waals surface area contributed by atoms with Gasteiger partial charge in [-0.25, -0.2) is 0 Å². The zero-order valence-corrected chi connectivity index (χ0v) is 20.2. The average molecular weight is 451 g/mol. The number of nitrogens with one attached hydrogen (secondary N) is 2. The van der Waals surface area contributed by atoms with Crippen molar-refractivity contribution in [1.82, 2.24) is 10.6 Å². The number of para-hydroxylation sites is 1. The monoisotopic (exact) mass is 450 g/mol. The first-order valence-electron chi connectivity index (χ1n) is 12.2. The molecule has 1 saturated carbocycles. The smallest absolute Gasteiger partial charge is 0.255 e. The van der Waals surface area contributed by atoms with Gasteiger partial charge >= 0.3 is 0 Å². The van der Waals surface area contributed by atoms with Crippen molar-refractivity contribution in [2.24, 2.45) is 11.8 Å². The minimum atomic E-state index is -0.131. The zero-order chi connectivity index (χ0) is 23.7. The van der Waals surface area contributed by atoms with Crippen LogP contribution in [0, 0.1) is 11.8 Å². The Balaban J connectivity index is 1.69. The molecule has 0 aliphatic heterocycles. The lowest BCUT2D eigenvalue weighted by atomic mass is 9.64. The standard InChI is InChI=1S/C28H38N2O3/c1-4-5-19-29-26(31)21(2)22-15-17-28(18-16-22,23-11-7-6-8-12-23)20-30-27(32)24-13-9-10-14-25(24)33-3/h6-14,21-22H,4-5,15-20H2,1-3H3,(H,29,31)(H,30,32). The average Bonchev–Trinajstić information content (AvgIpc) is 2.87. The zero-order valence-electron chi connectivity index (χ0n) is 20.2. The second kappa shape index (κ2) is 11.9. The number of carbonyl (C=O) groups excluding carboxylic acids is 2. The summed E-state index contributed by atoms with van der Waals surface area (Å²) in [5.41, 5.74) is 1.67. The van der Waals surface area contributed by atoms with Crippen molar-refractivity contribution in [3.05, 3.63) is 65.7 Å². The van der Waals surface area contributed by atoms with Crippen LogP contribution in [0.3, 0.4) is 0 Å². The summed E-state index contributed by atoms with van der Waals surface area (Å²) < 4.78 is 5.37. The van der Waals surface area contributed by atoms with Crippen LogP contribution in [-0.2, 0) is 10.2 Å². The maximum absolute atomic E-state index is 13.0. The van der Waals surface area contributed by atoms with E-state index < -0.39 is 0 Å². The summed E-state index contributed by atoms with van der Waals surface area (Å²) in [4.78, 5) is 25.6. The molecule has 2 aromatic carbocycles. The highest BCUT2D eigenvalue weighted by Gasteiger charge is 2.39. The van der Waals surface area contributed by atoms with Crippen molar-refractivity contribution >= 4 is 11.8 Å². The molecule has 1 aliphatic rings. The van der Waals surface area contributed by atoms with Gasteiger partial charge in [0.05, 0.1) is 12.7 Å². The second-order valence-electron chi connectivity index (χ2n) is 9.30. The molecule has 33 heavy (non-hydrogen) atoms. The lowest BCUT2D eigenvalue weighted by Gasteiger charge is -2.42. The highest BCUT2D eigenvalue weighted by Crippen LogP contribution is 2.43. The minimum Gasteiger partial charge on any atom is -0.496 e. The van der Waals surface area contributed by atoms with E-state index in [1.807, 2.05) is 18.2 Å². The summed E-state index contributed by atoms with van der Waals surface area (Å²) in [7, 11) is 1.58. The molecule has 1 fully saturated rings. The first-order valence-corrected chi connectivity index (χ1v) is 12.2. The molecular formula is C28H38N2O3. The summed E-state index contributed by atoms with van der Waals surface area (Å²) >= 11 is 0. The van der Waals surface area contributed by atoms with E-state index >= 15 is 0 Å². The highest BCUT2D eigenvalue weighted by molar-refractivity contribution is 5.97. The predicted molar refractivity (Wildman–Crippen MR) is 132 cm³/mol. The lowest BCUT2D eigenvalue weighted by molar-refractivity contribution is -0.126. The summed E-state index contributed by atoms with van der Waals surface area (Å²) in [5.74, 6) is 1.02. The normalized spacial score (nSPS) is 21.1. The SMILES string of the molecule is CCCCNC(=O)C(C)C1CCC(CNC(=O)c2ccccc2OC)(c2ccccc2)CC1. The third-order valence-electron chi connectivity index (χ3n) is 7.26. The summed E-state index contributed by atoms with van der Waals surface area (Å²) in [6.07, 6.45) is 5.94. The van der Waals surface area contributed by atoms with Crippen molar-refractivity contribution < 1.29 is 14.3 Å². The van der Waals surface area contributed by atoms with Gasteiger partial charge in [0.15, 0.2) is 0 Å². The molecule has 0 spiro atoms. The van der Waals surface area contributed by atoms with Gasteiger partial charge in [0, 0.05) is 24.4 Å². The molecule has 2 amide bonds. The van der Waals surface area contributed by atoms with Gasteiger partial charge in [-0.05, 0) is 55.7 Å². The Morgan fingerprint density at radius 1 is 1.03 bits per heavy atom. The number of methoxy groups -OCH3 is 1. The molecule has 0 radical (unpaired) electrons. The number of ether oxygens (including phenoxy) is 1. The van der Waals surface area contributed by atoms with Crippen LogP contribution >= 0.6 is 0 Å². The molecule has 2 aromatic rings. The minimum absolute atomic E-state index is 0.0128. The van der Waals surface area contributed by atoms with Gasteiger partial charge in [-0.1, -0.05) is 62.7 Å². The summed E-state index contributed by atoms with van der Waals surface area (Å²) in [6, 6.07) is 17.8. The first-order chi connectivity index (χ1) is 16.0. The number of hydrogen-bond donors (Lipinski definition) is 2. The van der Waals surface area contributed by atoms with E-state index in [9.17, 15) is 9.59 Å². The molecule has 1 aliphatic carbocycles. The molecule has 2 N–H and O–H groups in total. The van der Waals surface area contributed by atoms with Crippen molar-refractivity contribution in [2.45, 2.75) is 57.8 Å². The van der Waals surface area contributed by atoms with Crippen LogP contribution in [0.4, 0.5) is 0 Å². The van der Waals surface area contributed by atoms with E-state index in [4.69, 9.17) is 4.74 Å². The lowest BCUT2D eigenvalue weighted by Crippen LogP contribution is -2.45. The van der Waals surface area contributed by atoms with Crippen molar-refractivity contribution in [2.75, 3.05) is 20.2 Å². The van der Waals surface area contributed by atoms with Crippen LogP contribution in [0.5, 0.6) is 5.75 Å². The Hall–Kier alpha value is -2.82. The summed E-state index contributed by atoms with van der Waals surface area (Å²) in [6.45, 7) is 5.52. The van der Waals surface area contributed by atoms with E-state index in [0.29, 0.717) is 23.8 Å². The third-order valence-corrected chi connectivity index (χ3v) is 7.26. The molecule has 0 aromatic heterocycles. The van der Waals surface area contributed by atoms with E-state index in [2.05, 4.69) is 48.7 Å². The van der Waals surface area contributed by atoms with Crippen LogP contribution in [0.25, 0.3) is 0 Å². The van der Waals surface area contributed by atoms with Crippen LogP contribution in [0.15, 0.2) is 54.6 Å². The van der Waals surface area contributed by atoms with Crippen LogP contribution in [-0.4, -0.2) is 32.0 Å². The van der Waals surface area contributed by atoms with Gasteiger partial charge in [-0.15, -0.1) is 0 Å². The van der Waals surface area contributed by atoms with E-state index in [1.54, 1.807) is 19.2 Å².